The van der Waals surface area contributed by atoms with Gasteiger partial charge in [0.2, 0.25) is 5.91 Å². The van der Waals surface area contributed by atoms with E-state index in [1.165, 1.54) is 12.8 Å². The van der Waals surface area contributed by atoms with E-state index in [1.54, 1.807) is 7.11 Å². The predicted molar refractivity (Wildman–Crippen MR) is 68.7 cm³/mol. The minimum atomic E-state index is -0.164. The number of hydrogen-bond donors (Lipinski definition) is 2. The molecule has 0 aromatic rings. The zero-order valence-corrected chi connectivity index (χ0v) is 11.1. The molecule has 1 aliphatic rings. The minimum Gasteiger partial charge on any atom is -0.385 e. The molecule has 0 aliphatic heterocycles. The molecular formula is C13H26N2O2. The van der Waals surface area contributed by atoms with Crippen molar-refractivity contribution in [1.82, 2.24) is 5.32 Å². The molecule has 0 heterocycles. The molecule has 0 spiro atoms. The van der Waals surface area contributed by atoms with Crippen molar-refractivity contribution < 1.29 is 9.53 Å². The molecule has 2 atom stereocenters. The fraction of sp³-hybridized carbons (Fsp3) is 0.923. The van der Waals surface area contributed by atoms with Gasteiger partial charge in [-0.25, -0.2) is 0 Å². The van der Waals surface area contributed by atoms with Gasteiger partial charge in [-0.1, -0.05) is 19.8 Å². The van der Waals surface area contributed by atoms with Crippen molar-refractivity contribution in [2.45, 2.75) is 51.0 Å². The van der Waals surface area contributed by atoms with Crippen LogP contribution in [0.4, 0.5) is 0 Å². The van der Waals surface area contributed by atoms with Crippen LogP contribution in [0.2, 0.25) is 0 Å². The van der Waals surface area contributed by atoms with Crippen LogP contribution in [0, 0.1) is 5.92 Å². The fourth-order valence-electron chi connectivity index (χ4n) is 2.67. The van der Waals surface area contributed by atoms with Gasteiger partial charge in [0, 0.05) is 26.7 Å². The smallest absolute Gasteiger partial charge is 0.220 e. The summed E-state index contributed by atoms with van der Waals surface area (Å²) < 4.78 is 4.95. The molecule has 0 bridgehead atoms. The van der Waals surface area contributed by atoms with Crippen molar-refractivity contribution in [3.8, 4) is 0 Å². The van der Waals surface area contributed by atoms with Crippen LogP contribution in [0.5, 0.6) is 0 Å². The van der Waals surface area contributed by atoms with Crippen molar-refractivity contribution in [2.24, 2.45) is 11.7 Å². The first kappa shape index (κ1) is 14.5. The number of carbonyl (C=O) groups excluding carboxylic acids is 1. The first-order chi connectivity index (χ1) is 8.14. The monoisotopic (exact) mass is 242 g/mol. The highest BCUT2D eigenvalue weighted by molar-refractivity contribution is 5.76. The molecule has 0 radical (unpaired) electrons. The highest BCUT2D eigenvalue weighted by Gasteiger charge is 2.37. The normalized spacial score (nSPS) is 29.0. The van der Waals surface area contributed by atoms with Crippen LogP contribution in [0.3, 0.4) is 0 Å². The Kier molecular flexibility index (Phi) is 5.92. The molecule has 1 saturated carbocycles. The van der Waals surface area contributed by atoms with Crippen molar-refractivity contribution in [3.63, 3.8) is 0 Å². The predicted octanol–water partition coefficient (Wildman–Crippen LogP) is 1.44. The third kappa shape index (κ3) is 3.96. The minimum absolute atomic E-state index is 0.112. The van der Waals surface area contributed by atoms with E-state index in [2.05, 4.69) is 12.2 Å². The lowest BCUT2D eigenvalue weighted by Crippen LogP contribution is -2.59. The van der Waals surface area contributed by atoms with Crippen LogP contribution in [-0.2, 0) is 9.53 Å². The van der Waals surface area contributed by atoms with Gasteiger partial charge in [-0.15, -0.1) is 0 Å². The Bertz CT molecular complexity index is 246. The summed E-state index contributed by atoms with van der Waals surface area (Å²) in [5, 5.41) is 3.17. The molecule has 2 unspecified atom stereocenters. The summed E-state index contributed by atoms with van der Waals surface area (Å²) >= 11 is 0. The van der Waals surface area contributed by atoms with Gasteiger partial charge in [-0.2, -0.15) is 0 Å². The van der Waals surface area contributed by atoms with Gasteiger partial charge in [0.15, 0.2) is 0 Å². The number of rotatable bonds is 6. The molecule has 1 rings (SSSR count). The number of nitrogens with one attached hydrogen (secondary N) is 1. The summed E-state index contributed by atoms with van der Waals surface area (Å²) in [6.45, 7) is 3.38. The molecule has 100 valence electrons. The second-order valence-electron chi connectivity index (χ2n) is 5.15. The average molecular weight is 242 g/mol. The second kappa shape index (κ2) is 6.97. The first-order valence-corrected chi connectivity index (χ1v) is 6.64. The topological polar surface area (TPSA) is 64.3 Å². The van der Waals surface area contributed by atoms with Crippen LogP contribution < -0.4 is 11.1 Å². The highest BCUT2D eigenvalue weighted by atomic mass is 16.5. The van der Waals surface area contributed by atoms with E-state index in [0.29, 0.717) is 25.5 Å². The van der Waals surface area contributed by atoms with Gasteiger partial charge in [-0.3, -0.25) is 4.79 Å². The van der Waals surface area contributed by atoms with Crippen molar-refractivity contribution in [1.29, 1.82) is 0 Å². The van der Waals surface area contributed by atoms with Crippen molar-refractivity contribution in [2.75, 3.05) is 20.3 Å². The molecule has 1 fully saturated rings. The average Bonchev–Trinajstić information content (AvgIpc) is 2.32. The van der Waals surface area contributed by atoms with Gasteiger partial charge in [0.25, 0.3) is 0 Å². The summed E-state index contributed by atoms with van der Waals surface area (Å²) in [5.41, 5.74) is 5.73. The lowest BCUT2D eigenvalue weighted by Gasteiger charge is -2.42. The molecule has 0 saturated heterocycles. The molecular weight excluding hydrogens is 216 g/mol. The number of methoxy groups -OCH3 is 1. The zero-order valence-electron chi connectivity index (χ0n) is 11.1. The Morgan fingerprint density at radius 3 is 2.88 bits per heavy atom. The van der Waals surface area contributed by atoms with E-state index < -0.39 is 0 Å². The summed E-state index contributed by atoms with van der Waals surface area (Å²) in [6, 6.07) is 0. The number of carbonyl (C=O) groups is 1. The van der Waals surface area contributed by atoms with Gasteiger partial charge in [-0.05, 0) is 25.2 Å². The van der Waals surface area contributed by atoms with E-state index in [-0.39, 0.29) is 11.4 Å². The van der Waals surface area contributed by atoms with E-state index >= 15 is 0 Å². The largest absolute Gasteiger partial charge is 0.385 e. The summed E-state index contributed by atoms with van der Waals surface area (Å²) in [5.74, 6) is 0.592. The Balaban J connectivity index is 2.47. The van der Waals surface area contributed by atoms with Gasteiger partial charge in [0.1, 0.15) is 0 Å². The van der Waals surface area contributed by atoms with E-state index in [4.69, 9.17) is 10.5 Å². The molecule has 1 aliphatic carbocycles. The van der Waals surface area contributed by atoms with Gasteiger partial charge < -0.3 is 15.8 Å². The molecule has 0 aromatic heterocycles. The summed E-state index contributed by atoms with van der Waals surface area (Å²) in [7, 11) is 1.66. The van der Waals surface area contributed by atoms with Crippen molar-refractivity contribution >= 4 is 5.91 Å². The highest BCUT2D eigenvalue weighted by Crippen LogP contribution is 2.32. The Morgan fingerprint density at radius 1 is 1.53 bits per heavy atom. The maximum absolute atomic E-state index is 11.9. The maximum Gasteiger partial charge on any atom is 0.220 e. The Labute approximate surface area is 104 Å². The molecule has 4 nitrogen and oxygen atoms in total. The summed E-state index contributed by atoms with van der Waals surface area (Å²) in [4.78, 5) is 11.9. The second-order valence-corrected chi connectivity index (χ2v) is 5.15. The molecule has 17 heavy (non-hydrogen) atoms. The van der Waals surface area contributed by atoms with Crippen LogP contribution in [0.1, 0.15) is 45.4 Å². The number of hydrogen-bond acceptors (Lipinski definition) is 3. The molecule has 4 heteroatoms. The number of nitrogens with two attached hydrogens (primary N) is 1. The fourth-order valence-corrected chi connectivity index (χ4v) is 2.67. The molecule has 0 aromatic carbocycles. The van der Waals surface area contributed by atoms with E-state index in [1.807, 2.05) is 0 Å². The first-order valence-electron chi connectivity index (χ1n) is 6.64. The van der Waals surface area contributed by atoms with E-state index in [9.17, 15) is 4.79 Å². The Hall–Kier alpha value is -0.610. The molecule has 3 N–H and O–H groups in total. The van der Waals surface area contributed by atoms with Crippen LogP contribution >= 0.6 is 0 Å². The third-order valence-electron chi connectivity index (χ3n) is 3.96. The lowest BCUT2D eigenvalue weighted by molar-refractivity contribution is -0.124. The Morgan fingerprint density at radius 2 is 2.29 bits per heavy atom. The number of ether oxygens (including phenoxy) is 1. The van der Waals surface area contributed by atoms with Crippen LogP contribution in [-0.4, -0.2) is 31.7 Å². The zero-order chi connectivity index (χ0) is 12.7. The van der Waals surface area contributed by atoms with Crippen LogP contribution in [0.25, 0.3) is 0 Å². The summed E-state index contributed by atoms with van der Waals surface area (Å²) in [6.07, 6.45) is 5.90. The quantitative estimate of drug-likeness (QED) is 0.693. The number of amides is 1. The third-order valence-corrected chi connectivity index (χ3v) is 3.96. The van der Waals surface area contributed by atoms with Crippen molar-refractivity contribution in [3.05, 3.63) is 0 Å². The lowest BCUT2D eigenvalue weighted by atomic mass is 9.73. The van der Waals surface area contributed by atoms with Crippen LogP contribution in [0.15, 0.2) is 0 Å². The molecule has 1 amide bonds. The standard InChI is InChI=1S/C13H26N2O2/c1-11-6-3-4-8-13(11,10-14)15-12(16)7-5-9-17-2/h11H,3-10,14H2,1-2H3,(H,15,16). The van der Waals surface area contributed by atoms with Gasteiger partial charge >= 0.3 is 0 Å². The van der Waals surface area contributed by atoms with E-state index in [0.717, 1.165) is 19.3 Å². The maximum atomic E-state index is 11.9. The SMILES string of the molecule is COCCCC(=O)NC1(CN)CCCCC1C. The van der Waals surface area contributed by atoms with Gasteiger partial charge in [0.05, 0.1) is 5.54 Å².